The first kappa shape index (κ1) is 12.7. The molecule has 0 bridgehead atoms. The zero-order valence-electron chi connectivity index (χ0n) is 9.42. The van der Waals surface area contributed by atoms with Crippen LogP contribution in [0.1, 0.15) is 17.3 Å². The van der Waals surface area contributed by atoms with Crippen molar-refractivity contribution in [3.05, 3.63) is 35.9 Å². The molecule has 0 heterocycles. The van der Waals surface area contributed by atoms with Crippen LogP contribution < -0.4 is 0 Å². The molecule has 0 aliphatic rings. The Morgan fingerprint density at radius 2 is 2.00 bits per heavy atom. The number of nitrogens with zero attached hydrogens (tertiary/aromatic N) is 2. The van der Waals surface area contributed by atoms with Gasteiger partial charge >= 0.3 is 5.97 Å². The third kappa shape index (κ3) is 3.95. The van der Waals surface area contributed by atoms with Crippen LogP contribution in [0, 0.1) is 11.5 Å². The molecule has 0 unspecified atom stereocenters. The largest absolute Gasteiger partial charge is 0.460 e. The van der Waals surface area contributed by atoms with Gasteiger partial charge in [-0.3, -0.25) is 4.79 Å². The molecule has 0 aliphatic heterocycles. The highest BCUT2D eigenvalue weighted by Crippen LogP contribution is 2.01. The maximum absolute atomic E-state index is 11.5. The summed E-state index contributed by atoms with van der Waals surface area (Å²) < 4.78 is 4.93. The lowest BCUT2D eigenvalue weighted by molar-refractivity contribution is -0.126. The summed E-state index contributed by atoms with van der Waals surface area (Å²) in [5, 5.41) is 8.59. The maximum atomic E-state index is 11.5. The molecule has 0 aromatic heterocycles. The van der Waals surface area contributed by atoms with Crippen molar-refractivity contribution < 1.29 is 14.3 Å². The molecule has 88 valence electrons. The SMILES string of the molecule is CC(=O)N(C#N)CCOC(=O)c1ccccc1. The summed E-state index contributed by atoms with van der Waals surface area (Å²) in [6.45, 7) is 1.35. The van der Waals surface area contributed by atoms with Crippen LogP contribution in [0.15, 0.2) is 30.3 Å². The highest BCUT2D eigenvalue weighted by Gasteiger charge is 2.09. The fraction of sp³-hybridized carbons (Fsp3) is 0.250. The number of benzene rings is 1. The van der Waals surface area contributed by atoms with Crippen LogP contribution in [0.2, 0.25) is 0 Å². The highest BCUT2D eigenvalue weighted by atomic mass is 16.5. The minimum absolute atomic E-state index is 0.000861. The lowest BCUT2D eigenvalue weighted by Crippen LogP contribution is -2.28. The van der Waals surface area contributed by atoms with Gasteiger partial charge in [-0.15, -0.1) is 0 Å². The summed E-state index contributed by atoms with van der Waals surface area (Å²) in [6.07, 6.45) is 1.71. The molecule has 5 heteroatoms. The normalized spacial score (nSPS) is 9.18. The molecular formula is C12H12N2O3. The minimum Gasteiger partial charge on any atom is -0.460 e. The smallest absolute Gasteiger partial charge is 0.338 e. The number of esters is 1. The molecule has 1 amide bonds. The molecule has 0 spiro atoms. The van der Waals surface area contributed by atoms with Crippen LogP contribution in [-0.2, 0) is 9.53 Å². The maximum Gasteiger partial charge on any atom is 0.338 e. The van der Waals surface area contributed by atoms with Crippen LogP contribution >= 0.6 is 0 Å². The summed E-state index contributed by atoms with van der Waals surface area (Å²) in [5.74, 6) is -0.838. The van der Waals surface area contributed by atoms with Crippen LogP contribution in [0.5, 0.6) is 0 Å². The van der Waals surface area contributed by atoms with Gasteiger partial charge < -0.3 is 4.74 Å². The van der Waals surface area contributed by atoms with Crippen LogP contribution in [0.3, 0.4) is 0 Å². The third-order valence-corrected chi connectivity index (χ3v) is 2.06. The number of hydrogen-bond acceptors (Lipinski definition) is 4. The number of amides is 1. The van der Waals surface area contributed by atoms with Crippen molar-refractivity contribution in [2.75, 3.05) is 13.2 Å². The van der Waals surface area contributed by atoms with E-state index < -0.39 is 5.97 Å². The fourth-order valence-electron chi connectivity index (χ4n) is 1.17. The number of carbonyl (C=O) groups is 2. The Bertz CT molecular complexity index is 437. The lowest BCUT2D eigenvalue weighted by Gasteiger charge is -2.11. The first-order valence-corrected chi connectivity index (χ1v) is 5.05. The van der Waals surface area contributed by atoms with E-state index in [0.717, 1.165) is 4.90 Å². The number of carbonyl (C=O) groups excluding carboxylic acids is 2. The van der Waals surface area contributed by atoms with E-state index in [1.807, 2.05) is 0 Å². The van der Waals surface area contributed by atoms with Gasteiger partial charge in [0.1, 0.15) is 6.61 Å². The van der Waals surface area contributed by atoms with Crippen LogP contribution in [-0.4, -0.2) is 29.9 Å². The summed E-state index contributed by atoms with van der Waals surface area (Å²) in [6, 6.07) is 8.52. The molecule has 17 heavy (non-hydrogen) atoms. The van der Waals surface area contributed by atoms with Crippen molar-refractivity contribution in [1.82, 2.24) is 4.90 Å². The Morgan fingerprint density at radius 3 is 2.53 bits per heavy atom. The molecule has 1 aromatic rings. The van der Waals surface area contributed by atoms with Crippen LogP contribution in [0.4, 0.5) is 0 Å². The third-order valence-electron chi connectivity index (χ3n) is 2.06. The van der Waals surface area contributed by atoms with E-state index >= 15 is 0 Å². The Balaban J connectivity index is 2.40. The summed E-state index contributed by atoms with van der Waals surface area (Å²) in [4.78, 5) is 23.3. The molecule has 0 N–H and O–H groups in total. The number of rotatable bonds is 4. The minimum atomic E-state index is -0.466. The quantitative estimate of drug-likeness (QED) is 0.444. The Hall–Kier alpha value is -2.35. The number of ether oxygens (including phenoxy) is 1. The van der Waals surface area contributed by atoms with Gasteiger partial charge in [-0.05, 0) is 12.1 Å². The Labute approximate surface area is 99.2 Å². The second kappa shape index (κ2) is 6.28. The molecule has 0 atom stereocenters. The zero-order chi connectivity index (χ0) is 12.7. The molecule has 0 saturated carbocycles. The average molecular weight is 232 g/mol. The van der Waals surface area contributed by atoms with Gasteiger partial charge in [-0.1, -0.05) is 18.2 Å². The lowest BCUT2D eigenvalue weighted by atomic mass is 10.2. The van der Waals surface area contributed by atoms with E-state index in [9.17, 15) is 9.59 Å². The summed E-state index contributed by atoms with van der Waals surface area (Å²) >= 11 is 0. The first-order chi connectivity index (χ1) is 8.15. The second-order valence-corrected chi connectivity index (χ2v) is 3.27. The van der Waals surface area contributed by atoms with Gasteiger partial charge in [0, 0.05) is 6.92 Å². The standard InChI is InChI=1S/C12H12N2O3/c1-10(15)14(9-13)7-8-17-12(16)11-5-3-2-4-6-11/h2-6H,7-8H2,1H3. The number of hydrogen-bond donors (Lipinski definition) is 0. The molecule has 0 radical (unpaired) electrons. The molecule has 0 fully saturated rings. The van der Waals surface area contributed by atoms with E-state index in [0.29, 0.717) is 5.56 Å². The van der Waals surface area contributed by atoms with Crippen molar-refractivity contribution in [3.63, 3.8) is 0 Å². The monoisotopic (exact) mass is 232 g/mol. The van der Waals surface area contributed by atoms with E-state index in [1.54, 1.807) is 36.5 Å². The van der Waals surface area contributed by atoms with E-state index in [1.165, 1.54) is 6.92 Å². The van der Waals surface area contributed by atoms with Crippen molar-refractivity contribution in [2.45, 2.75) is 6.92 Å². The first-order valence-electron chi connectivity index (χ1n) is 5.05. The van der Waals surface area contributed by atoms with Crippen molar-refractivity contribution in [3.8, 4) is 6.19 Å². The van der Waals surface area contributed by atoms with Gasteiger partial charge in [0.25, 0.3) is 0 Å². The van der Waals surface area contributed by atoms with Gasteiger partial charge in [0.2, 0.25) is 5.91 Å². The predicted molar refractivity (Wildman–Crippen MR) is 59.7 cm³/mol. The van der Waals surface area contributed by atoms with Crippen molar-refractivity contribution in [1.29, 1.82) is 5.26 Å². The van der Waals surface area contributed by atoms with Gasteiger partial charge in [0.05, 0.1) is 12.1 Å². The highest BCUT2D eigenvalue weighted by molar-refractivity contribution is 5.89. The molecule has 0 saturated heterocycles. The van der Waals surface area contributed by atoms with Crippen LogP contribution in [0.25, 0.3) is 0 Å². The van der Waals surface area contributed by atoms with Gasteiger partial charge in [0.15, 0.2) is 6.19 Å². The van der Waals surface area contributed by atoms with Gasteiger partial charge in [-0.2, -0.15) is 5.26 Å². The second-order valence-electron chi connectivity index (χ2n) is 3.27. The molecule has 1 aromatic carbocycles. The summed E-state index contributed by atoms with van der Waals surface area (Å²) in [5.41, 5.74) is 0.443. The molecular weight excluding hydrogens is 220 g/mol. The van der Waals surface area contributed by atoms with E-state index in [2.05, 4.69) is 0 Å². The predicted octanol–water partition coefficient (Wildman–Crippen LogP) is 1.17. The Morgan fingerprint density at radius 1 is 1.35 bits per heavy atom. The topological polar surface area (TPSA) is 70.4 Å². The zero-order valence-corrected chi connectivity index (χ0v) is 9.42. The molecule has 0 aliphatic carbocycles. The van der Waals surface area contributed by atoms with Gasteiger partial charge in [-0.25, -0.2) is 9.69 Å². The van der Waals surface area contributed by atoms with E-state index in [4.69, 9.17) is 10.00 Å². The molecule has 5 nitrogen and oxygen atoms in total. The molecule has 1 rings (SSSR count). The average Bonchev–Trinajstić information content (AvgIpc) is 2.35. The summed E-state index contributed by atoms with van der Waals surface area (Å²) in [7, 11) is 0. The van der Waals surface area contributed by atoms with Crippen molar-refractivity contribution >= 4 is 11.9 Å². The fourth-order valence-corrected chi connectivity index (χ4v) is 1.17. The Kier molecular flexibility index (Phi) is 4.70. The van der Waals surface area contributed by atoms with E-state index in [-0.39, 0.29) is 19.1 Å². The number of nitriles is 1. The van der Waals surface area contributed by atoms with Crippen molar-refractivity contribution in [2.24, 2.45) is 0 Å².